The minimum absolute atomic E-state index is 0.0529. The first kappa shape index (κ1) is 20.8. The van der Waals surface area contributed by atoms with Crippen molar-refractivity contribution in [3.05, 3.63) is 53.9 Å². The Morgan fingerprint density at radius 2 is 1.67 bits per heavy atom. The molecule has 2 aromatic rings. The minimum Gasteiger partial charge on any atom is -0.322 e. The van der Waals surface area contributed by atoms with Gasteiger partial charge in [-0.1, -0.05) is 13.8 Å². The van der Waals surface area contributed by atoms with Crippen molar-refractivity contribution in [3.8, 4) is 0 Å². The van der Waals surface area contributed by atoms with E-state index < -0.39 is 27.8 Å². The summed E-state index contributed by atoms with van der Waals surface area (Å²) in [5.74, 6) is -0.657. The molecule has 1 amide bonds. The fourth-order valence-corrected chi connectivity index (χ4v) is 3.78. The normalized spacial score (nSPS) is 12.2. The Kier molecular flexibility index (Phi) is 6.22. The van der Waals surface area contributed by atoms with Gasteiger partial charge in [-0.3, -0.25) is 9.78 Å². The second-order valence-corrected chi connectivity index (χ2v) is 7.44. The van der Waals surface area contributed by atoms with Gasteiger partial charge in [-0.25, -0.2) is 8.42 Å². The van der Waals surface area contributed by atoms with E-state index >= 15 is 0 Å². The highest BCUT2D eigenvalue weighted by atomic mass is 32.2. The number of halogens is 3. The molecule has 0 aliphatic rings. The van der Waals surface area contributed by atoms with Gasteiger partial charge in [0.25, 0.3) is 5.91 Å². The number of pyridine rings is 1. The van der Waals surface area contributed by atoms with Gasteiger partial charge in [-0.05, 0) is 36.4 Å². The summed E-state index contributed by atoms with van der Waals surface area (Å²) >= 11 is 0. The molecule has 0 fully saturated rings. The van der Waals surface area contributed by atoms with E-state index in [9.17, 15) is 26.4 Å². The largest absolute Gasteiger partial charge is 0.433 e. The Morgan fingerprint density at radius 1 is 1.07 bits per heavy atom. The van der Waals surface area contributed by atoms with Crippen LogP contribution in [0.1, 0.15) is 29.9 Å². The van der Waals surface area contributed by atoms with E-state index in [0.717, 1.165) is 12.3 Å². The molecule has 2 rings (SSSR count). The van der Waals surface area contributed by atoms with Crippen LogP contribution >= 0.6 is 0 Å². The number of nitrogens with zero attached hydrogens (tertiary/aromatic N) is 2. The molecule has 0 saturated carbocycles. The van der Waals surface area contributed by atoms with Crippen LogP contribution in [0.2, 0.25) is 0 Å². The molecule has 27 heavy (non-hydrogen) atoms. The van der Waals surface area contributed by atoms with Gasteiger partial charge in [0.2, 0.25) is 10.0 Å². The predicted molar refractivity (Wildman–Crippen MR) is 93.7 cm³/mol. The number of nitrogens with one attached hydrogen (secondary N) is 1. The molecular weight excluding hydrogens is 383 g/mol. The van der Waals surface area contributed by atoms with Crippen molar-refractivity contribution in [1.29, 1.82) is 0 Å². The number of carbonyl (C=O) groups is 1. The zero-order valence-corrected chi connectivity index (χ0v) is 15.4. The topological polar surface area (TPSA) is 79.4 Å². The quantitative estimate of drug-likeness (QED) is 0.805. The van der Waals surface area contributed by atoms with Gasteiger partial charge in [0, 0.05) is 25.0 Å². The summed E-state index contributed by atoms with van der Waals surface area (Å²) in [5, 5.41) is 2.48. The van der Waals surface area contributed by atoms with Crippen molar-refractivity contribution >= 4 is 21.6 Å². The molecule has 0 bridgehead atoms. The maximum absolute atomic E-state index is 12.5. The third-order valence-corrected chi connectivity index (χ3v) is 5.84. The summed E-state index contributed by atoms with van der Waals surface area (Å²) in [6, 6.07) is 7.26. The zero-order chi connectivity index (χ0) is 20.2. The van der Waals surface area contributed by atoms with Gasteiger partial charge >= 0.3 is 6.18 Å². The lowest BCUT2D eigenvalue weighted by Gasteiger charge is -2.18. The predicted octanol–water partition coefficient (Wildman–Crippen LogP) is 3.38. The van der Waals surface area contributed by atoms with Crippen LogP contribution in [0.15, 0.2) is 47.5 Å². The summed E-state index contributed by atoms with van der Waals surface area (Å²) in [7, 11) is -3.61. The van der Waals surface area contributed by atoms with E-state index in [0.29, 0.717) is 24.8 Å². The Bertz CT molecular complexity index is 892. The first-order valence-corrected chi connectivity index (χ1v) is 9.48. The van der Waals surface area contributed by atoms with E-state index in [2.05, 4.69) is 10.3 Å². The molecule has 1 heterocycles. The number of aromatic nitrogens is 1. The molecule has 1 aromatic carbocycles. The van der Waals surface area contributed by atoms with Crippen molar-refractivity contribution < 1.29 is 26.4 Å². The molecule has 1 N–H and O–H groups in total. The van der Waals surface area contributed by atoms with Crippen LogP contribution in [0.4, 0.5) is 18.9 Å². The van der Waals surface area contributed by atoms with Gasteiger partial charge < -0.3 is 5.32 Å². The lowest BCUT2D eigenvalue weighted by atomic mass is 10.2. The van der Waals surface area contributed by atoms with Crippen LogP contribution in [-0.4, -0.2) is 36.7 Å². The fraction of sp³-hybridized carbons (Fsp3) is 0.294. The van der Waals surface area contributed by atoms with Crippen LogP contribution in [0.25, 0.3) is 0 Å². The molecule has 0 aliphatic carbocycles. The third-order valence-electron chi connectivity index (χ3n) is 3.77. The molecule has 146 valence electrons. The molecule has 10 heteroatoms. The fourth-order valence-electron chi connectivity index (χ4n) is 2.32. The van der Waals surface area contributed by atoms with Gasteiger partial charge in [0.15, 0.2) is 0 Å². The van der Waals surface area contributed by atoms with Crippen LogP contribution in [0.5, 0.6) is 0 Å². The Balaban J connectivity index is 2.13. The van der Waals surface area contributed by atoms with Crippen LogP contribution in [-0.2, 0) is 16.2 Å². The molecule has 0 spiro atoms. The highest BCUT2D eigenvalue weighted by Gasteiger charge is 2.32. The Hall–Kier alpha value is -2.46. The highest BCUT2D eigenvalue weighted by Crippen LogP contribution is 2.27. The number of hydrogen-bond acceptors (Lipinski definition) is 4. The summed E-state index contributed by atoms with van der Waals surface area (Å²) in [4.78, 5) is 15.4. The lowest BCUT2D eigenvalue weighted by Crippen LogP contribution is -2.30. The summed E-state index contributed by atoms with van der Waals surface area (Å²) < 4.78 is 63.6. The lowest BCUT2D eigenvalue weighted by molar-refractivity contribution is -0.141. The van der Waals surface area contributed by atoms with Crippen molar-refractivity contribution in [3.63, 3.8) is 0 Å². The molecule has 0 radical (unpaired) electrons. The zero-order valence-electron chi connectivity index (χ0n) is 14.6. The molecule has 0 saturated heterocycles. The van der Waals surface area contributed by atoms with Gasteiger partial charge in [-0.15, -0.1) is 0 Å². The molecular formula is C17H18F3N3O3S. The summed E-state index contributed by atoms with van der Waals surface area (Å²) in [6.45, 7) is 4.12. The highest BCUT2D eigenvalue weighted by molar-refractivity contribution is 7.89. The van der Waals surface area contributed by atoms with E-state index in [1.807, 2.05) is 0 Å². The van der Waals surface area contributed by atoms with E-state index in [-0.39, 0.29) is 10.5 Å². The Morgan fingerprint density at radius 3 is 2.11 bits per heavy atom. The second-order valence-electron chi connectivity index (χ2n) is 5.50. The summed E-state index contributed by atoms with van der Waals surface area (Å²) in [5.41, 5.74) is -0.841. The monoisotopic (exact) mass is 401 g/mol. The van der Waals surface area contributed by atoms with Crippen molar-refractivity contribution in [1.82, 2.24) is 9.29 Å². The SMILES string of the molecule is CCN(CC)S(=O)(=O)c1ccc(NC(=O)c2ccc(C(F)(F)F)nc2)cc1. The number of sulfonamides is 1. The Labute approximate surface area is 155 Å². The van der Waals surface area contributed by atoms with Gasteiger partial charge in [-0.2, -0.15) is 17.5 Å². The van der Waals surface area contributed by atoms with Crippen LogP contribution < -0.4 is 5.32 Å². The smallest absolute Gasteiger partial charge is 0.322 e. The van der Waals surface area contributed by atoms with E-state index in [1.54, 1.807) is 13.8 Å². The second kappa shape index (κ2) is 8.05. The first-order chi connectivity index (χ1) is 12.6. The number of benzene rings is 1. The standard InChI is InChI=1S/C17H18F3N3O3S/c1-3-23(4-2)27(25,26)14-8-6-13(7-9-14)22-16(24)12-5-10-15(21-11-12)17(18,19)20/h5-11H,3-4H2,1-2H3,(H,22,24). The maximum Gasteiger partial charge on any atom is 0.433 e. The van der Waals surface area contributed by atoms with E-state index in [1.165, 1.54) is 28.6 Å². The first-order valence-electron chi connectivity index (χ1n) is 8.04. The number of hydrogen-bond donors (Lipinski definition) is 1. The number of rotatable bonds is 6. The molecule has 6 nitrogen and oxygen atoms in total. The maximum atomic E-state index is 12.5. The van der Waals surface area contributed by atoms with Gasteiger partial charge in [0.05, 0.1) is 10.5 Å². The van der Waals surface area contributed by atoms with Crippen molar-refractivity contribution in [2.75, 3.05) is 18.4 Å². The average molecular weight is 401 g/mol. The number of alkyl halides is 3. The van der Waals surface area contributed by atoms with Crippen molar-refractivity contribution in [2.45, 2.75) is 24.9 Å². The number of carbonyl (C=O) groups excluding carboxylic acids is 1. The molecule has 0 atom stereocenters. The molecule has 1 aromatic heterocycles. The van der Waals surface area contributed by atoms with E-state index in [4.69, 9.17) is 0 Å². The summed E-state index contributed by atoms with van der Waals surface area (Å²) in [6.07, 6.45) is -3.75. The number of anilines is 1. The number of amides is 1. The third kappa shape index (κ3) is 4.83. The van der Waals surface area contributed by atoms with Crippen molar-refractivity contribution in [2.24, 2.45) is 0 Å². The molecule has 0 unspecified atom stereocenters. The van der Waals surface area contributed by atoms with Gasteiger partial charge in [0.1, 0.15) is 5.69 Å². The van der Waals surface area contributed by atoms with Crippen LogP contribution in [0.3, 0.4) is 0 Å². The van der Waals surface area contributed by atoms with Crippen LogP contribution in [0, 0.1) is 0 Å². The average Bonchev–Trinajstić information content (AvgIpc) is 2.62. The molecule has 0 aliphatic heterocycles. The minimum atomic E-state index is -4.58.